The zero-order valence-electron chi connectivity index (χ0n) is 13.1. The molecule has 6 nitrogen and oxygen atoms in total. The number of carbonyl (C=O) groups excluding carboxylic acids is 3. The number of thioether (sulfide) groups is 1. The summed E-state index contributed by atoms with van der Waals surface area (Å²) in [5.74, 6) is -1.88. The van der Waals surface area contributed by atoms with E-state index >= 15 is 0 Å². The molecule has 0 aromatic heterocycles. The van der Waals surface area contributed by atoms with Gasteiger partial charge in [-0.25, -0.2) is 9.59 Å². The van der Waals surface area contributed by atoms with E-state index in [9.17, 15) is 27.6 Å². The Labute approximate surface area is 145 Å². The summed E-state index contributed by atoms with van der Waals surface area (Å²) >= 11 is 1.57. The van der Waals surface area contributed by atoms with E-state index in [2.05, 4.69) is 4.74 Å². The molecular weight excluding hydrogens is 361 g/mol. The third-order valence-electron chi connectivity index (χ3n) is 2.58. The van der Waals surface area contributed by atoms with Gasteiger partial charge in [0.1, 0.15) is 6.54 Å². The molecule has 2 N–H and O–H groups in total. The standard InChI is InChI=1S/C15H15F3N2O4S/c1-25-11-5-2-10(3-6-11)4-7-13(22)24-8-12(21)20-14(23)19-9-15(16,17)18/h2-7H,8-9H2,1H3,(H2,19,20,21,23)/b7-4+. The monoisotopic (exact) mass is 376 g/mol. The second-order valence-electron chi connectivity index (χ2n) is 4.56. The topological polar surface area (TPSA) is 84.5 Å². The third-order valence-corrected chi connectivity index (χ3v) is 3.32. The predicted molar refractivity (Wildman–Crippen MR) is 85.8 cm³/mol. The van der Waals surface area contributed by atoms with Gasteiger partial charge in [0.15, 0.2) is 6.61 Å². The fourth-order valence-electron chi connectivity index (χ4n) is 1.45. The highest BCUT2D eigenvalue weighted by Gasteiger charge is 2.27. The number of imide groups is 1. The second-order valence-corrected chi connectivity index (χ2v) is 5.44. The lowest BCUT2D eigenvalue weighted by Crippen LogP contribution is -2.44. The van der Waals surface area contributed by atoms with Crippen LogP contribution < -0.4 is 10.6 Å². The van der Waals surface area contributed by atoms with E-state index in [0.717, 1.165) is 16.5 Å². The van der Waals surface area contributed by atoms with Crippen molar-refractivity contribution >= 4 is 35.7 Å². The van der Waals surface area contributed by atoms with E-state index in [1.165, 1.54) is 11.4 Å². The summed E-state index contributed by atoms with van der Waals surface area (Å²) in [7, 11) is 0. The first kappa shape index (κ1) is 20.6. The van der Waals surface area contributed by atoms with Crippen LogP contribution in [0.2, 0.25) is 0 Å². The molecule has 1 aromatic carbocycles. The fourth-order valence-corrected chi connectivity index (χ4v) is 1.86. The normalized spacial score (nSPS) is 11.2. The minimum absolute atomic E-state index is 0.741. The van der Waals surface area contributed by atoms with Crippen LogP contribution in [0.15, 0.2) is 35.2 Å². The highest BCUT2D eigenvalue weighted by Crippen LogP contribution is 2.15. The van der Waals surface area contributed by atoms with Crippen LogP contribution in [0, 0.1) is 0 Å². The van der Waals surface area contributed by atoms with Gasteiger partial charge in [-0.2, -0.15) is 13.2 Å². The molecule has 0 heterocycles. The number of rotatable bonds is 6. The van der Waals surface area contributed by atoms with Crippen LogP contribution in [0.5, 0.6) is 0 Å². The Morgan fingerprint density at radius 2 is 1.84 bits per heavy atom. The molecule has 25 heavy (non-hydrogen) atoms. The number of benzene rings is 1. The van der Waals surface area contributed by atoms with Gasteiger partial charge in [0.05, 0.1) is 0 Å². The van der Waals surface area contributed by atoms with Crippen molar-refractivity contribution in [2.45, 2.75) is 11.1 Å². The summed E-state index contributed by atoms with van der Waals surface area (Å²) in [5, 5.41) is 3.05. The Hall–Kier alpha value is -2.49. The maximum absolute atomic E-state index is 11.9. The summed E-state index contributed by atoms with van der Waals surface area (Å²) in [5.41, 5.74) is 0.741. The smallest absolute Gasteiger partial charge is 0.405 e. The molecule has 0 saturated heterocycles. The molecule has 0 unspecified atom stereocenters. The minimum atomic E-state index is -4.59. The van der Waals surface area contributed by atoms with Gasteiger partial charge < -0.3 is 10.1 Å². The lowest BCUT2D eigenvalue weighted by molar-refractivity contribution is -0.143. The number of hydrogen-bond donors (Lipinski definition) is 2. The van der Waals surface area contributed by atoms with Crippen molar-refractivity contribution in [2.75, 3.05) is 19.4 Å². The number of amides is 3. The zero-order chi connectivity index (χ0) is 18.9. The van der Waals surface area contributed by atoms with Crippen LogP contribution in [0.4, 0.5) is 18.0 Å². The second kappa shape index (κ2) is 9.72. The zero-order valence-corrected chi connectivity index (χ0v) is 13.9. The van der Waals surface area contributed by atoms with Crippen LogP contribution in [-0.4, -0.2) is 43.5 Å². The summed E-state index contributed by atoms with van der Waals surface area (Å²) < 4.78 is 40.2. The number of carbonyl (C=O) groups is 3. The molecule has 3 amide bonds. The average Bonchev–Trinajstić information content (AvgIpc) is 2.56. The van der Waals surface area contributed by atoms with Crippen molar-refractivity contribution < 1.29 is 32.3 Å². The number of esters is 1. The van der Waals surface area contributed by atoms with E-state index in [-0.39, 0.29) is 0 Å². The third kappa shape index (κ3) is 9.40. The quantitative estimate of drug-likeness (QED) is 0.452. The number of urea groups is 1. The Morgan fingerprint density at radius 1 is 1.20 bits per heavy atom. The van der Waals surface area contributed by atoms with E-state index in [4.69, 9.17) is 0 Å². The van der Waals surface area contributed by atoms with E-state index in [1.807, 2.05) is 18.4 Å². The van der Waals surface area contributed by atoms with Crippen molar-refractivity contribution in [1.82, 2.24) is 10.6 Å². The SMILES string of the molecule is CSc1ccc(/C=C/C(=O)OCC(=O)NC(=O)NCC(F)(F)F)cc1. The average molecular weight is 376 g/mol. The van der Waals surface area contributed by atoms with Gasteiger partial charge in [-0.15, -0.1) is 11.8 Å². The molecule has 0 fully saturated rings. The van der Waals surface area contributed by atoms with Gasteiger partial charge in [-0.1, -0.05) is 12.1 Å². The molecule has 1 aromatic rings. The number of hydrogen-bond acceptors (Lipinski definition) is 5. The number of ether oxygens (including phenoxy) is 1. The molecule has 0 atom stereocenters. The predicted octanol–water partition coefficient (Wildman–Crippen LogP) is 2.35. The van der Waals surface area contributed by atoms with Gasteiger partial charge in [0, 0.05) is 11.0 Å². The molecular formula is C15H15F3N2O4S. The number of alkyl halides is 3. The molecule has 0 spiro atoms. The Bertz CT molecular complexity index is 645. The molecule has 0 saturated carbocycles. The van der Waals surface area contributed by atoms with Gasteiger partial charge in [-0.3, -0.25) is 10.1 Å². The molecule has 10 heteroatoms. The van der Waals surface area contributed by atoms with Crippen molar-refractivity contribution in [1.29, 1.82) is 0 Å². The fraction of sp³-hybridized carbons (Fsp3) is 0.267. The molecule has 1 rings (SSSR count). The molecule has 0 aliphatic heterocycles. The Kier molecular flexibility index (Phi) is 7.99. The summed E-state index contributed by atoms with van der Waals surface area (Å²) in [6.45, 7) is -2.38. The van der Waals surface area contributed by atoms with Crippen LogP contribution in [0.1, 0.15) is 5.56 Å². The van der Waals surface area contributed by atoms with Crippen LogP contribution in [0.25, 0.3) is 6.08 Å². The van der Waals surface area contributed by atoms with E-state index in [0.29, 0.717) is 0 Å². The first-order chi connectivity index (χ1) is 11.7. The first-order valence-electron chi connectivity index (χ1n) is 6.83. The first-order valence-corrected chi connectivity index (χ1v) is 8.05. The van der Waals surface area contributed by atoms with Gasteiger partial charge in [-0.05, 0) is 30.0 Å². The van der Waals surface area contributed by atoms with Gasteiger partial charge in [0.25, 0.3) is 5.91 Å². The Morgan fingerprint density at radius 3 is 2.40 bits per heavy atom. The molecule has 0 aliphatic carbocycles. The minimum Gasteiger partial charge on any atom is -0.452 e. The van der Waals surface area contributed by atoms with Crippen molar-refractivity contribution in [2.24, 2.45) is 0 Å². The molecule has 0 radical (unpaired) electrons. The van der Waals surface area contributed by atoms with Crippen molar-refractivity contribution in [3.05, 3.63) is 35.9 Å². The summed E-state index contributed by atoms with van der Waals surface area (Å²) in [4.78, 5) is 34.8. The van der Waals surface area contributed by atoms with Gasteiger partial charge in [0.2, 0.25) is 0 Å². The van der Waals surface area contributed by atoms with Crippen LogP contribution in [0.3, 0.4) is 0 Å². The summed E-state index contributed by atoms with van der Waals surface area (Å²) in [6, 6.07) is 5.97. The molecule has 136 valence electrons. The lowest BCUT2D eigenvalue weighted by atomic mass is 10.2. The van der Waals surface area contributed by atoms with Crippen molar-refractivity contribution in [3.63, 3.8) is 0 Å². The van der Waals surface area contributed by atoms with E-state index in [1.54, 1.807) is 29.2 Å². The number of nitrogens with one attached hydrogen (secondary N) is 2. The molecule has 0 bridgehead atoms. The maximum Gasteiger partial charge on any atom is 0.405 e. The number of halogens is 3. The van der Waals surface area contributed by atoms with Crippen LogP contribution >= 0.6 is 11.8 Å². The van der Waals surface area contributed by atoms with Gasteiger partial charge >= 0.3 is 18.2 Å². The molecule has 0 aliphatic rings. The van der Waals surface area contributed by atoms with Crippen LogP contribution in [-0.2, 0) is 14.3 Å². The largest absolute Gasteiger partial charge is 0.452 e. The highest BCUT2D eigenvalue weighted by molar-refractivity contribution is 7.98. The van der Waals surface area contributed by atoms with E-state index < -0.39 is 37.2 Å². The highest BCUT2D eigenvalue weighted by atomic mass is 32.2. The lowest BCUT2D eigenvalue weighted by Gasteiger charge is -2.08. The summed E-state index contributed by atoms with van der Waals surface area (Å²) in [6.07, 6.45) is -0.103. The van der Waals surface area contributed by atoms with Crippen molar-refractivity contribution in [3.8, 4) is 0 Å². The maximum atomic E-state index is 11.9. The Balaban J connectivity index is 2.33.